The highest BCUT2D eigenvalue weighted by Crippen LogP contribution is 2.28. The van der Waals surface area contributed by atoms with Crippen LogP contribution in [-0.4, -0.2) is 23.7 Å². The van der Waals surface area contributed by atoms with E-state index >= 15 is 0 Å². The maximum atomic E-state index is 13.5. The minimum absolute atomic E-state index is 0.0262. The number of carbonyl (C=O) groups excluding carboxylic acids is 1. The number of anilines is 1. The first kappa shape index (κ1) is 10.4. The van der Waals surface area contributed by atoms with Gasteiger partial charge in [0, 0.05) is 0 Å². The standard InChI is InChI=1S/C10H9ClFNO2/c11-7-2-1-3-8(10(7)12)13-5-6(14)4-9(13)15/h1-3,6,14H,4-5H2. The molecule has 1 amide bonds. The van der Waals surface area contributed by atoms with E-state index in [0.29, 0.717) is 0 Å². The van der Waals surface area contributed by atoms with Crippen LogP contribution in [0.1, 0.15) is 6.42 Å². The predicted molar refractivity (Wildman–Crippen MR) is 54.4 cm³/mol. The van der Waals surface area contributed by atoms with Gasteiger partial charge in [0.2, 0.25) is 5.91 Å². The van der Waals surface area contributed by atoms with Crippen LogP contribution in [0.15, 0.2) is 18.2 Å². The van der Waals surface area contributed by atoms with Crippen LogP contribution in [0.4, 0.5) is 10.1 Å². The summed E-state index contributed by atoms with van der Waals surface area (Å²) in [7, 11) is 0. The van der Waals surface area contributed by atoms with E-state index < -0.39 is 11.9 Å². The molecule has 1 atom stereocenters. The topological polar surface area (TPSA) is 40.5 Å². The molecule has 80 valence electrons. The number of aliphatic hydroxyl groups is 1. The first-order valence-electron chi connectivity index (χ1n) is 4.52. The maximum absolute atomic E-state index is 13.5. The number of β-amino-alcohol motifs (C(OH)–C–C–N with tert-alkyl or cyclic N) is 1. The van der Waals surface area contributed by atoms with Crippen molar-refractivity contribution in [1.29, 1.82) is 0 Å². The largest absolute Gasteiger partial charge is 0.391 e. The molecule has 1 heterocycles. The Labute approximate surface area is 91.1 Å². The second-order valence-electron chi connectivity index (χ2n) is 3.44. The summed E-state index contributed by atoms with van der Waals surface area (Å²) >= 11 is 5.60. The molecule has 3 nitrogen and oxygen atoms in total. The third-order valence-electron chi connectivity index (χ3n) is 2.33. The molecule has 2 rings (SSSR count). The fourth-order valence-electron chi connectivity index (χ4n) is 1.62. The number of hydrogen-bond donors (Lipinski definition) is 1. The summed E-state index contributed by atoms with van der Waals surface area (Å²) in [6.45, 7) is 0.121. The molecule has 1 aliphatic rings. The van der Waals surface area contributed by atoms with Gasteiger partial charge in [0.1, 0.15) is 0 Å². The summed E-state index contributed by atoms with van der Waals surface area (Å²) < 4.78 is 13.5. The highest BCUT2D eigenvalue weighted by molar-refractivity contribution is 6.31. The lowest BCUT2D eigenvalue weighted by atomic mass is 10.3. The van der Waals surface area contributed by atoms with Crippen LogP contribution in [0, 0.1) is 5.82 Å². The Hall–Kier alpha value is -1.13. The lowest BCUT2D eigenvalue weighted by molar-refractivity contribution is -0.117. The van der Waals surface area contributed by atoms with Crippen molar-refractivity contribution < 1.29 is 14.3 Å². The second kappa shape index (κ2) is 3.79. The van der Waals surface area contributed by atoms with Crippen molar-refractivity contribution >= 4 is 23.2 Å². The van der Waals surface area contributed by atoms with Gasteiger partial charge in [-0.1, -0.05) is 17.7 Å². The summed E-state index contributed by atoms with van der Waals surface area (Å²) in [5.74, 6) is -0.912. The van der Waals surface area contributed by atoms with E-state index in [-0.39, 0.29) is 29.6 Å². The fraction of sp³-hybridized carbons (Fsp3) is 0.300. The van der Waals surface area contributed by atoms with E-state index in [9.17, 15) is 14.3 Å². The molecular formula is C10H9ClFNO2. The highest BCUT2D eigenvalue weighted by Gasteiger charge is 2.30. The molecule has 1 unspecified atom stereocenters. The van der Waals surface area contributed by atoms with E-state index in [0.717, 1.165) is 0 Å². The van der Waals surface area contributed by atoms with Gasteiger partial charge in [-0.25, -0.2) is 4.39 Å². The Bertz CT molecular complexity index is 410. The number of nitrogens with zero attached hydrogens (tertiary/aromatic N) is 1. The van der Waals surface area contributed by atoms with Crippen LogP contribution in [0.3, 0.4) is 0 Å². The van der Waals surface area contributed by atoms with Crippen LogP contribution in [0.5, 0.6) is 0 Å². The van der Waals surface area contributed by atoms with Crippen molar-refractivity contribution in [3.05, 3.63) is 29.0 Å². The minimum atomic E-state index is -0.726. The molecule has 0 aromatic heterocycles. The average Bonchev–Trinajstić information content (AvgIpc) is 2.50. The number of benzene rings is 1. The lowest BCUT2D eigenvalue weighted by Crippen LogP contribution is -2.26. The first-order chi connectivity index (χ1) is 7.09. The molecule has 1 N–H and O–H groups in total. The van der Waals surface area contributed by atoms with Gasteiger partial charge in [-0.2, -0.15) is 0 Å². The Morgan fingerprint density at radius 1 is 1.53 bits per heavy atom. The molecule has 0 bridgehead atoms. The van der Waals surface area contributed by atoms with Gasteiger partial charge in [0.25, 0.3) is 0 Å². The van der Waals surface area contributed by atoms with E-state index in [4.69, 9.17) is 11.6 Å². The van der Waals surface area contributed by atoms with Crippen molar-refractivity contribution in [2.45, 2.75) is 12.5 Å². The summed E-state index contributed by atoms with van der Waals surface area (Å²) in [6.07, 6.45) is -0.692. The molecule has 5 heteroatoms. The molecule has 1 saturated heterocycles. The summed E-state index contributed by atoms with van der Waals surface area (Å²) in [6, 6.07) is 4.45. The number of hydrogen-bond acceptors (Lipinski definition) is 2. The quantitative estimate of drug-likeness (QED) is 0.794. The number of carbonyl (C=O) groups is 1. The van der Waals surface area contributed by atoms with Crippen LogP contribution >= 0.6 is 11.6 Å². The van der Waals surface area contributed by atoms with E-state index in [1.54, 1.807) is 6.07 Å². The van der Waals surface area contributed by atoms with Gasteiger partial charge in [-0.3, -0.25) is 4.79 Å². The van der Waals surface area contributed by atoms with Crippen LogP contribution < -0.4 is 4.90 Å². The molecule has 1 fully saturated rings. The molecule has 0 spiro atoms. The molecule has 15 heavy (non-hydrogen) atoms. The van der Waals surface area contributed by atoms with Gasteiger partial charge in [0.15, 0.2) is 5.82 Å². The summed E-state index contributed by atoms with van der Waals surface area (Å²) in [5, 5.41) is 9.25. The van der Waals surface area contributed by atoms with Gasteiger partial charge in [0.05, 0.1) is 29.8 Å². The molecule has 1 aliphatic heterocycles. The van der Waals surface area contributed by atoms with Crippen molar-refractivity contribution in [1.82, 2.24) is 0 Å². The molecule has 1 aromatic carbocycles. The highest BCUT2D eigenvalue weighted by atomic mass is 35.5. The Balaban J connectivity index is 2.38. The normalized spacial score (nSPS) is 21.1. The zero-order valence-corrected chi connectivity index (χ0v) is 8.54. The lowest BCUT2D eigenvalue weighted by Gasteiger charge is -2.16. The van der Waals surface area contributed by atoms with Gasteiger partial charge < -0.3 is 10.0 Å². The number of amides is 1. The van der Waals surface area contributed by atoms with Crippen molar-refractivity contribution in [3.63, 3.8) is 0 Å². The van der Waals surface area contributed by atoms with Gasteiger partial charge in [-0.15, -0.1) is 0 Å². The Kier molecular flexibility index (Phi) is 2.63. The van der Waals surface area contributed by atoms with Crippen molar-refractivity contribution in [3.8, 4) is 0 Å². The predicted octanol–water partition coefficient (Wildman–Crippen LogP) is 1.58. The van der Waals surface area contributed by atoms with Crippen LogP contribution in [0.25, 0.3) is 0 Å². The third kappa shape index (κ3) is 1.82. The van der Waals surface area contributed by atoms with Gasteiger partial charge in [-0.05, 0) is 12.1 Å². The monoisotopic (exact) mass is 229 g/mol. The first-order valence-corrected chi connectivity index (χ1v) is 4.90. The van der Waals surface area contributed by atoms with E-state index in [1.807, 2.05) is 0 Å². The third-order valence-corrected chi connectivity index (χ3v) is 2.62. The average molecular weight is 230 g/mol. The zero-order valence-electron chi connectivity index (χ0n) is 7.78. The minimum Gasteiger partial charge on any atom is -0.391 e. The SMILES string of the molecule is O=C1CC(O)CN1c1cccc(Cl)c1F. The number of aliphatic hydroxyl groups excluding tert-OH is 1. The molecule has 0 saturated carbocycles. The van der Waals surface area contributed by atoms with E-state index in [1.165, 1.54) is 17.0 Å². The van der Waals surface area contributed by atoms with Crippen LogP contribution in [-0.2, 0) is 4.79 Å². The molecular weight excluding hydrogens is 221 g/mol. The summed E-state index contributed by atoms with van der Waals surface area (Å²) in [4.78, 5) is 12.6. The Morgan fingerprint density at radius 3 is 2.87 bits per heavy atom. The number of rotatable bonds is 1. The van der Waals surface area contributed by atoms with Crippen molar-refractivity contribution in [2.75, 3.05) is 11.4 Å². The zero-order chi connectivity index (χ0) is 11.0. The van der Waals surface area contributed by atoms with Crippen molar-refractivity contribution in [2.24, 2.45) is 0 Å². The maximum Gasteiger partial charge on any atom is 0.229 e. The molecule has 1 aromatic rings. The second-order valence-corrected chi connectivity index (χ2v) is 3.84. The van der Waals surface area contributed by atoms with Crippen LogP contribution in [0.2, 0.25) is 5.02 Å². The fourth-order valence-corrected chi connectivity index (χ4v) is 1.79. The molecule has 0 radical (unpaired) electrons. The number of halogens is 2. The summed E-state index contributed by atoms with van der Waals surface area (Å²) in [5.41, 5.74) is 0.129. The Morgan fingerprint density at radius 2 is 2.27 bits per heavy atom. The van der Waals surface area contributed by atoms with E-state index in [2.05, 4.69) is 0 Å². The smallest absolute Gasteiger partial charge is 0.229 e. The van der Waals surface area contributed by atoms with Gasteiger partial charge >= 0.3 is 0 Å². The molecule has 0 aliphatic carbocycles.